The van der Waals surface area contributed by atoms with Gasteiger partial charge >= 0.3 is 0 Å². The first-order chi connectivity index (χ1) is 22.3. The van der Waals surface area contributed by atoms with Crippen molar-refractivity contribution in [3.05, 3.63) is 111 Å². The Balaban J connectivity index is 1.57. The third-order valence-corrected chi connectivity index (χ3v) is 10.4. The number of nitrogens with zero attached hydrogens (tertiary/aromatic N) is 3. The predicted molar refractivity (Wildman–Crippen MR) is 181 cm³/mol. The molecule has 0 fully saturated rings. The van der Waals surface area contributed by atoms with Gasteiger partial charge < -0.3 is 14.8 Å². The van der Waals surface area contributed by atoms with Gasteiger partial charge in [0.1, 0.15) is 35.4 Å². The number of hydrogen-bond acceptors (Lipinski definition) is 7. The maximum atomic E-state index is 14.1. The lowest BCUT2D eigenvalue weighted by molar-refractivity contribution is -0.123. The van der Waals surface area contributed by atoms with Crippen molar-refractivity contribution in [2.45, 2.75) is 25.6 Å². The van der Waals surface area contributed by atoms with Crippen LogP contribution in [0.1, 0.15) is 32.4 Å². The van der Waals surface area contributed by atoms with E-state index in [9.17, 15) is 14.0 Å². The van der Waals surface area contributed by atoms with Gasteiger partial charge in [-0.1, -0.05) is 36.4 Å². The minimum atomic E-state index is -0.353. The Kier molecular flexibility index (Phi) is 9.14. The second-order valence-corrected chi connectivity index (χ2v) is 12.9. The van der Waals surface area contributed by atoms with E-state index in [1.807, 2.05) is 61.7 Å². The number of aryl methyl sites for hydroxylation is 1. The lowest BCUT2D eigenvalue weighted by Gasteiger charge is -2.24. The minimum absolute atomic E-state index is 0.151. The number of carbonyl (C=O) groups is 2. The smallest absolute Gasteiger partial charge is 0.240 e. The number of hydrogen-bond donors (Lipinski definition) is 1. The van der Waals surface area contributed by atoms with Crippen LogP contribution in [-0.2, 0) is 16.1 Å². The molecule has 8 nitrogen and oxygen atoms in total. The summed E-state index contributed by atoms with van der Waals surface area (Å²) in [6.45, 7) is 4.01. The Morgan fingerprint density at radius 1 is 1.00 bits per heavy atom. The average molecular weight is 657 g/mol. The second kappa shape index (κ2) is 13.4. The van der Waals surface area contributed by atoms with E-state index in [0.29, 0.717) is 28.6 Å². The molecule has 1 aliphatic heterocycles. The molecule has 11 heteroatoms. The van der Waals surface area contributed by atoms with Crippen molar-refractivity contribution in [1.29, 1.82) is 0 Å². The number of thioether (sulfide) groups is 1. The van der Waals surface area contributed by atoms with Gasteiger partial charge in [0.25, 0.3) is 0 Å². The molecule has 2 aromatic heterocycles. The fourth-order valence-electron chi connectivity index (χ4n) is 5.59. The molecular formula is C35H33FN4O4S2. The van der Waals surface area contributed by atoms with Crippen LogP contribution < -0.4 is 19.7 Å². The van der Waals surface area contributed by atoms with Gasteiger partial charge in [-0.05, 0) is 72.3 Å². The zero-order valence-corrected chi connectivity index (χ0v) is 27.5. The molecular weight excluding hydrogens is 624 g/mol. The lowest BCUT2D eigenvalue weighted by atomic mass is 10.0. The van der Waals surface area contributed by atoms with E-state index in [1.165, 1.54) is 28.8 Å². The number of amides is 2. The van der Waals surface area contributed by atoms with Gasteiger partial charge in [-0.25, -0.2) is 9.07 Å². The van der Waals surface area contributed by atoms with Gasteiger partial charge in [0.15, 0.2) is 0 Å². The maximum absolute atomic E-state index is 14.1. The van der Waals surface area contributed by atoms with Crippen molar-refractivity contribution in [3.8, 4) is 28.4 Å². The summed E-state index contributed by atoms with van der Waals surface area (Å²) in [4.78, 5) is 30.2. The van der Waals surface area contributed by atoms with Crippen LogP contribution in [0.2, 0.25) is 0 Å². The Hall–Kier alpha value is -4.61. The van der Waals surface area contributed by atoms with Crippen molar-refractivity contribution < 1.29 is 23.5 Å². The molecule has 6 rings (SSSR count). The molecule has 0 bridgehead atoms. The van der Waals surface area contributed by atoms with E-state index < -0.39 is 0 Å². The lowest BCUT2D eigenvalue weighted by Crippen LogP contribution is -2.42. The van der Waals surface area contributed by atoms with Gasteiger partial charge in [-0.2, -0.15) is 5.10 Å². The van der Waals surface area contributed by atoms with Gasteiger partial charge in [0, 0.05) is 17.0 Å². The van der Waals surface area contributed by atoms with E-state index in [2.05, 4.69) is 11.4 Å². The highest BCUT2D eigenvalue weighted by Crippen LogP contribution is 2.52. The normalized spacial score (nSPS) is 14.5. The number of thiophene rings is 1. The van der Waals surface area contributed by atoms with Crippen LogP contribution in [0.25, 0.3) is 16.9 Å². The number of aromatic nitrogens is 2. The topological polar surface area (TPSA) is 85.7 Å². The molecule has 5 aromatic rings. The van der Waals surface area contributed by atoms with Crippen molar-refractivity contribution in [3.63, 3.8) is 0 Å². The number of ether oxygens (including phenoxy) is 2. The molecule has 0 saturated carbocycles. The van der Waals surface area contributed by atoms with Crippen LogP contribution in [0.15, 0.2) is 78.2 Å². The van der Waals surface area contributed by atoms with E-state index >= 15 is 0 Å². The highest BCUT2D eigenvalue weighted by atomic mass is 32.2. The molecule has 0 aliphatic carbocycles. The molecule has 1 unspecified atom stereocenters. The van der Waals surface area contributed by atoms with Crippen molar-refractivity contribution in [2.75, 3.05) is 31.4 Å². The van der Waals surface area contributed by atoms with E-state index in [-0.39, 0.29) is 41.7 Å². The summed E-state index contributed by atoms with van der Waals surface area (Å²) in [7, 11) is 3.21. The Bertz CT molecular complexity index is 1870. The summed E-state index contributed by atoms with van der Waals surface area (Å²) in [6, 6.07) is 21.5. The minimum Gasteiger partial charge on any atom is -0.496 e. The second-order valence-electron chi connectivity index (χ2n) is 10.8. The number of rotatable bonds is 9. The first-order valence-corrected chi connectivity index (χ1v) is 16.6. The van der Waals surface area contributed by atoms with Gasteiger partial charge in [0.05, 0.1) is 36.5 Å². The van der Waals surface area contributed by atoms with Crippen LogP contribution in [0.5, 0.6) is 11.5 Å². The van der Waals surface area contributed by atoms with E-state index in [1.54, 1.807) is 42.4 Å². The van der Waals surface area contributed by atoms with Crippen molar-refractivity contribution in [1.82, 2.24) is 15.1 Å². The zero-order chi connectivity index (χ0) is 32.4. The molecule has 0 saturated heterocycles. The predicted octanol–water partition coefficient (Wildman–Crippen LogP) is 6.86. The van der Waals surface area contributed by atoms with Gasteiger partial charge in [0.2, 0.25) is 11.8 Å². The fraction of sp³-hybridized carbons (Fsp3) is 0.229. The molecule has 46 heavy (non-hydrogen) atoms. The molecule has 0 spiro atoms. The van der Waals surface area contributed by atoms with Crippen LogP contribution in [-0.4, -0.2) is 48.1 Å². The Morgan fingerprint density at radius 2 is 1.72 bits per heavy atom. The summed E-state index contributed by atoms with van der Waals surface area (Å²) < 4.78 is 26.9. The summed E-state index contributed by atoms with van der Waals surface area (Å²) >= 11 is 3.11. The van der Waals surface area contributed by atoms with Crippen LogP contribution >= 0.6 is 23.1 Å². The highest BCUT2D eigenvalue weighted by Gasteiger charge is 2.39. The Labute approximate surface area is 275 Å². The van der Waals surface area contributed by atoms with Crippen molar-refractivity contribution in [2.24, 2.45) is 0 Å². The third-order valence-electron chi connectivity index (χ3n) is 8.06. The standard InChI is InChI=1S/C35H33FN4O4S2/c1-21-8-5-9-25(22(21)2)40-35-32(33(38-40)31-26(43-3)10-6-11-27(31)44-4)34(28-12-7-17-45-28)46-20-30(42)39(35)19-29(41)37-18-23-13-15-24(36)16-14-23/h5-17,34H,18-20H2,1-4H3,(H,37,41). The average Bonchev–Trinajstić information content (AvgIpc) is 3.71. The molecule has 1 N–H and O–H groups in total. The summed E-state index contributed by atoms with van der Waals surface area (Å²) in [5, 5.41) is 9.88. The summed E-state index contributed by atoms with van der Waals surface area (Å²) in [5.41, 5.74) is 5.63. The maximum Gasteiger partial charge on any atom is 0.240 e. The molecule has 0 radical (unpaired) electrons. The van der Waals surface area contributed by atoms with Gasteiger partial charge in [-0.3, -0.25) is 14.5 Å². The first-order valence-electron chi connectivity index (χ1n) is 14.7. The number of fused-ring (bicyclic) bond motifs is 1. The third kappa shape index (κ3) is 6.00. The summed E-state index contributed by atoms with van der Waals surface area (Å²) in [6.07, 6.45) is 0. The molecule has 1 atom stereocenters. The number of nitrogens with one attached hydrogen (secondary N) is 1. The number of carbonyl (C=O) groups excluding carboxylic acids is 2. The molecule has 236 valence electrons. The highest BCUT2D eigenvalue weighted by molar-refractivity contribution is 8.00. The van der Waals surface area contributed by atoms with Crippen LogP contribution in [0.3, 0.4) is 0 Å². The molecule has 3 aromatic carbocycles. The SMILES string of the molecule is COc1cccc(OC)c1-c1nn(-c2cccc(C)c2C)c2c1C(c1cccs1)SCC(=O)N2CC(=O)NCc1ccc(F)cc1. The van der Waals surface area contributed by atoms with E-state index in [0.717, 1.165) is 32.8 Å². The molecule has 2 amide bonds. The Morgan fingerprint density at radius 3 is 2.39 bits per heavy atom. The fourth-order valence-corrected chi connectivity index (χ4v) is 7.76. The number of anilines is 1. The van der Waals surface area contributed by atoms with Crippen LogP contribution in [0, 0.1) is 19.7 Å². The van der Waals surface area contributed by atoms with E-state index in [4.69, 9.17) is 14.6 Å². The summed E-state index contributed by atoms with van der Waals surface area (Å²) in [5.74, 6) is 0.890. The molecule has 3 heterocycles. The van der Waals surface area contributed by atoms with Crippen molar-refractivity contribution >= 4 is 40.7 Å². The quantitative estimate of drug-likeness (QED) is 0.187. The largest absolute Gasteiger partial charge is 0.496 e. The zero-order valence-electron chi connectivity index (χ0n) is 25.9. The van der Waals surface area contributed by atoms with Crippen LogP contribution in [0.4, 0.5) is 10.2 Å². The number of methoxy groups -OCH3 is 2. The number of benzene rings is 3. The first kappa shape index (κ1) is 31.4. The number of halogens is 1. The van der Waals surface area contributed by atoms with Gasteiger partial charge in [-0.15, -0.1) is 23.1 Å². The molecule has 1 aliphatic rings. The monoisotopic (exact) mass is 656 g/mol.